The minimum atomic E-state index is 0.245. The molecule has 1 saturated heterocycles. The molecule has 0 aliphatic carbocycles. The SMILES string of the molecule is COc1ccc(CCNC(=NCc2nnc(C)n2C)NCCCOC2CCOC2)cc1. The summed E-state index contributed by atoms with van der Waals surface area (Å²) >= 11 is 0. The Bertz CT molecular complexity index is 815. The van der Waals surface area contributed by atoms with Gasteiger partial charge in [-0.3, -0.25) is 0 Å². The molecule has 9 nitrogen and oxygen atoms in total. The lowest BCUT2D eigenvalue weighted by Gasteiger charge is -2.14. The molecule has 0 bridgehead atoms. The van der Waals surface area contributed by atoms with E-state index in [1.54, 1.807) is 7.11 Å². The standard InChI is InChI=1S/C22H34N6O3/c1-17-26-27-21(28(17)2)15-25-22(23-11-4-13-31-20-10-14-30-16-20)24-12-9-18-5-7-19(29-3)8-6-18/h5-8,20H,4,9-16H2,1-3H3,(H2,23,24,25). The van der Waals surface area contributed by atoms with E-state index in [1.807, 2.05) is 30.7 Å². The number of hydrogen-bond donors (Lipinski definition) is 2. The van der Waals surface area contributed by atoms with E-state index in [-0.39, 0.29) is 6.10 Å². The van der Waals surface area contributed by atoms with Crippen molar-refractivity contribution in [2.24, 2.45) is 12.0 Å². The van der Waals surface area contributed by atoms with Gasteiger partial charge in [-0.2, -0.15) is 0 Å². The molecule has 3 rings (SSSR count). The second kappa shape index (κ2) is 12.3. The predicted octanol–water partition coefficient (Wildman–Crippen LogP) is 1.61. The first kappa shape index (κ1) is 23.0. The minimum absolute atomic E-state index is 0.245. The summed E-state index contributed by atoms with van der Waals surface area (Å²) in [5.74, 6) is 3.34. The van der Waals surface area contributed by atoms with Crippen molar-refractivity contribution in [3.05, 3.63) is 41.5 Å². The van der Waals surface area contributed by atoms with Gasteiger partial charge < -0.3 is 29.4 Å². The van der Waals surface area contributed by atoms with Crippen LogP contribution in [0, 0.1) is 6.92 Å². The van der Waals surface area contributed by atoms with Crippen molar-refractivity contribution >= 4 is 5.96 Å². The molecule has 2 N–H and O–H groups in total. The number of benzene rings is 1. The Hall–Kier alpha value is -2.65. The van der Waals surface area contributed by atoms with Gasteiger partial charge in [-0.05, 0) is 43.9 Å². The average molecular weight is 431 g/mol. The van der Waals surface area contributed by atoms with E-state index in [0.29, 0.717) is 19.8 Å². The van der Waals surface area contributed by atoms with E-state index in [1.165, 1.54) is 5.56 Å². The van der Waals surface area contributed by atoms with Crippen LogP contribution in [0.5, 0.6) is 5.75 Å². The molecule has 1 aliphatic rings. The first-order valence-electron chi connectivity index (χ1n) is 10.8. The Labute approximate surface area is 184 Å². The second-order valence-electron chi connectivity index (χ2n) is 7.55. The number of rotatable bonds is 11. The minimum Gasteiger partial charge on any atom is -0.497 e. The van der Waals surface area contributed by atoms with E-state index in [0.717, 1.165) is 62.3 Å². The van der Waals surface area contributed by atoms with Crippen LogP contribution in [-0.4, -0.2) is 66.8 Å². The first-order chi connectivity index (χ1) is 15.2. The monoisotopic (exact) mass is 430 g/mol. The van der Waals surface area contributed by atoms with Gasteiger partial charge in [0, 0.05) is 33.4 Å². The maximum absolute atomic E-state index is 5.83. The van der Waals surface area contributed by atoms with Crippen LogP contribution in [0.2, 0.25) is 0 Å². The summed E-state index contributed by atoms with van der Waals surface area (Å²) in [7, 11) is 3.63. The third-order valence-electron chi connectivity index (χ3n) is 5.28. The average Bonchev–Trinajstić information content (AvgIpc) is 3.42. The van der Waals surface area contributed by atoms with Crippen molar-refractivity contribution in [2.45, 2.75) is 38.8 Å². The molecule has 0 saturated carbocycles. The predicted molar refractivity (Wildman–Crippen MR) is 119 cm³/mol. The molecule has 1 fully saturated rings. The Balaban J connectivity index is 1.47. The summed E-state index contributed by atoms with van der Waals surface area (Å²) in [6.45, 7) is 6.17. The molecule has 170 valence electrons. The lowest BCUT2D eigenvalue weighted by atomic mass is 10.1. The van der Waals surface area contributed by atoms with Gasteiger partial charge in [0.15, 0.2) is 11.8 Å². The largest absolute Gasteiger partial charge is 0.497 e. The third-order valence-corrected chi connectivity index (χ3v) is 5.28. The fourth-order valence-corrected chi connectivity index (χ4v) is 3.20. The Morgan fingerprint density at radius 3 is 2.71 bits per heavy atom. The van der Waals surface area contributed by atoms with Crippen LogP contribution < -0.4 is 15.4 Å². The van der Waals surface area contributed by atoms with E-state index in [4.69, 9.17) is 19.2 Å². The smallest absolute Gasteiger partial charge is 0.191 e. The fraction of sp³-hybridized carbons (Fsp3) is 0.591. The lowest BCUT2D eigenvalue weighted by Crippen LogP contribution is -2.39. The zero-order valence-corrected chi connectivity index (χ0v) is 18.8. The molecule has 1 aromatic heterocycles. The summed E-state index contributed by atoms with van der Waals surface area (Å²) in [4.78, 5) is 4.69. The number of nitrogens with zero attached hydrogens (tertiary/aromatic N) is 4. The van der Waals surface area contributed by atoms with Crippen LogP contribution in [0.3, 0.4) is 0 Å². The van der Waals surface area contributed by atoms with Gasteiger partial charge in [-0.25, -0.2) is 4.99 Å². The van der Waals surface area contributed by atoms with E-state index in [9.17, 15) is 0 Å². The van der Waals surface area contributed by atoms with Gasteiger partial charge >= 0.3 is 0 Å². The van der Waals surface area contributed by atoms with E-state index >= 15 is 0 Å². The van der Waals surface area contributed by atoms with Crippen molar-refractivity contribution in [3.8, 4) is 5.75 Å². The maximum Gasteiger partial charge on any atom is 0.191 e. The third kappa shape index (κ3) is 7.52. The van der Waals surface area contributed by atoms with Gasteiger partial charge in [0.2, 0.25) is 0 Å². The molecular weight excluding hydrogens is 396 g/mol. The quantitative estimate of drug-likeness (QED) is 0.318. The summed E-state index contributed by atoms with van der Waals surface area (Å²) in [6, 6.07) is 8.12. The van der Waals surface area contributed by atoms with Crippen LogP contribution in [0.1, 0.15) is 30.1 Å². The summed E-state index contributed by atoms with van der Waals surface area (Å²) < 4.78 is 18.3. The van der Waals surface area contributed by atoms with Crippen molar-refractivity contribution in [1.82, 2.24) is 25.4 Å². The van der Waals surface area contributed by atoms with E-state index < -0.39 is 0 Å². The normalized spacial score (nSPS) is 16.5. The lowest BCUT2D eigenvalue weighted by molar-refractivity contribution is 0.0420. The molecule has 1 aromatic carbocycles. The van der Waals surface area contributed by atoms with Crippen LogP contribution in [0.15, 0.2) is 29.3 Å². The second-order valence-corrected chi connectivity index (χ2v) is 7.55. The topological polar surface area (TPSA) is 94.8 Å². The molecule has 0 radical (unpaired) electrons. The van der Waals surface area contributed by atoms with Gasteiger partial charge in [0.05, 0.1) is 19.8 Å². The highest BCUT2D eigenvalue weighted by Crippen LogP contribution is 2.11. The number of nitrogens with one attached hydrogen (secondary N) is 2. The molecule has 0 spiro atoms. The van der Waals surface area contributed by atoms with Gasteiger partial charge in [-0.1, -0.05) is 12.1 Å². The number of aryl methyl sites for hydroxylation is 1. The van der Waals surface area contributed by atoms with Gasteiger partial charge in [0.25, 0.3) is 0 Å². The maximum atomic E-state index is 5.83. The Morgan fingerprint density at radius 1 is 1.23 bits per heavy atom. The molecule has 1 unspecified atom stereocenters. The van der Waals surface area contributed by atoms with Crippen molar-refractivity contribution in [3.63, 3.8) is 0 Å². The summed E-state index contributed by atoms with van der Waals surface area (Å²) in [5, 5.41) is 15.1. The molecule has 0 amide bonds. The number of ether oxygens (including phenoxy) is 3. The van der Waals surface area contributed by atoms with Gasteiger partial charge in [0.1, 0.15) is 18.1 Å². The number of aromatic nitrogens is 3. The van der Waals surface area contributed by atoms with E-state index in [2.05, 4.69) is 33.0 Å². The molecule has 9 heteroatoms. The Morgan fingerprint density at radius 2 is 2.03 bits per heavy atom. The molecule has 2 heterocycles. The van der Waals surface area contributed by atoms with Crippen molar-refractivity contribution < 1.29 is 14.2 Å². The van der Waals surface area contributed by atoms with Crippen LogP contribution in [0.4, 0.5) is 0 Å². The molecular formula is C22H34N6O3. The highest BCUT2D eigenvalue weighted by Gasteiger charge is 2.15. The zero-order valence-electron chi connectivity index (χ0n) is 18.8. The number of guanidine groups is 1. The number of hydrogen-bond acceptors (Lipinski definition) is 6. The Kier molecular flexibility index (Phi) is 9.11. The molecule has 2 aromatic rings. The fourth-order valence-electron chi connectivity index (χ4n) is 3.20. The zero-order chi connectivity index (χ0) is 21.9. The molecule has 31 heavy (non-hydrogen) atoms. The molecule has 1 atom stereocenters. The van der Waals surface area contributed by atoms with Gasteiger partial charge in [-0.15, -0.1) is 10.2 Å². The summed E-state index contributed by atoms with van der Waals surface area (Å²) in [6.07, 6.45) is 3.02. The van der Waals surface area contributed by atoms with Crippen molar-refractivity contribution in [2.75, 3.05) is 40.0 Å². The number of methoxy groups -OCH3 is 1. The molecule has 1 aliphatic heterocycles. The van der Waals surface area contributed by atoms with Crippen molar-refractivity contribution in [1.29, 1.82) is 0 Å². The first-order valence-corrected chi connectivity index (χ1v) is 10.8. The highest BCUT2D eigenvalue weighted by atomic mass is 16.5. The van der Waals surface area contributed by atoms with Crippen LogP contribution in [-0.2, 0) is 29.5 Å². The summed E-state index contributed by atoms with van der Waals surface area (Å²) in [5.41, 5.74) is 1.24. The van der Waals surface area contributed by atoms with Crippen LogP contribution >= 0.6 is 0 Å². The number of aliphatic imine (C=N–C) groups is 1. The van der Waals surface area contributed by atoms with Crippen LogP contribution in [0.25, 0.3) is 0 Å². The highest BCUT2D eigenvalue weighted by molar-refractivity contribution is 5.79.